The van der Waals surface area contributed by atoms with Crippen molar-refractivity contribution in [2.24, 2.45) is 0 Å². The second-order valence-electron chi connectivity index (χ2n) is 5.07. The molecule has 0 amide bonds. The number of hydrogen-bond donors (Lipinski definition) is 2. The van der Waals surface area contributed by atoms with Gasteiger partial charge in [0, 0.05) is 24.3 Å². The molecule has 2 aromatic rings. The fraction of sp³-hybridized carbons (Fsp3) is 0.111. The molecule has 2 rings (SSSR count). The number of nitrogens with one attached hydrogen (secondary N) is 1. The number of rotatable bonds is 7. The molecule has 0 unspecified atom stereocenters. The number of halogens is 2. The third-order valence-electron chi connectivity index (χ3n) is 3.32. The van der Waals surface area contributed by atoms with Gasteiger partial charge >= 0.3 is 5.97 Å². The molecule has 1 atom stereocenters. The highest BCUT2D eigenvalue weighted by Gasteiger charge is 2.16. The summed E-state index contributed by atoms with van der Waals surface area (Å²) in [5, 5.41) is 12.7. The number of carboxylic acid groups (broad SMARTS) is 1. The third-order valence-corrected chi connectivity index (χ3v) is 4.06. The summed E-state index contributed by atoms with van der Waals surface area (Å²) >= 11 is 11.7. The average Bonchev–Trinajstić information content (AvgIpc) is 2.57. The van der Waals surface area contributed by atoms with E-state index in [9.17, 15) is 14.7 Å². The van der Waals surface area contributed by atoms with Crippen molar-refractivity contribution >= 4 is 35.0 Å². The van der Waals surface area contributed by atoms with Gasteiger partial charge < -0.3 is 10.4 Å². The maximum atomic E-state index is 12.0. The van der Waals surface area contributed by atoms with Crippen LogP contribution < -0.4 is 5.32 Å². The molecule has 0 fully saturated rings. The van der Waals surface area contributed by atoms with Gasteiger partial charge in [-0.2, -0.15) is 0 Å². The summed E-state index contributed by atoms with van der Waals surface area (Å²) in [6.45, 7) is 0. The number of hydrogen-bond acceptors (Lipinski definition) is 3. The Balaban J connectivity index is 2.00. The first kappa shape index (κ1) is 18.0. The summed E-state index contributed by atoms with van der Waals surface area (Å²) in [5.74, 6) is -1.30. The lowest BCUT2D eigenvalue weighted by Gasteiger charge is -2.12. The van der Waals surface area contributed by atoms with Crippen LogP contribution in [0.3, 0.4) is 0 Å². The van der Waals surface area contributed by atoms with Crippen LogP contribution in [0.5, 0.6) is 0 Å². The Morgan fingerprint density at radius 2 is 1.79 bits per heavy atom. The first-order valence-corrected chi connectivity index (χ1v) is 7.91. The fourth-order valence-electron chi connectivity index (χ4n) is 2.05. The molecule has 0 spiro atoms. The molecule has 0 aliphatic heterocycles. The van der Waals surface area contributed by atoms with Crippen LogP contribution in [0.2, 0.25) is 10.0 Å². The second kappa shape index (κ2) is 8.52. The minimum atomic E-state index is -0.995. The lowest BCUT2D eigenvalue weighted by Crippen LogP contribution is -2.35. The van der Waals surface area contributed by atoms with Crippen molar-refractivity contribution in [3.8, 4) is 0 Å². The average molecular weight is 364 g/mol. The van der Waals surface area contributed by atoms with E-state index in [4.69, 9.17) is 23.2 Å². The summed E-state index contributed by atoms with van der Waals surface area (Å²) in [4.78, 5) is 23.4. The zero-order valence-electron chi connectivity index (χ0n) is 12.6. The van der Waals surface area contributed by atoms with Gasteiger partial charge in [-0.15, -0.1) is 0 Å². The monoisotopic (exact) mass is 363 g/mol. The van der Waals surface area contributed by atoms with Crippen molar-refractivity contribution in [1.29, 1.82) is 0 Å². The molecule has 2 aromatic carbocycles. The Morgan fingerprint density at radius 3 is 2.42 bits per heavy atom. The highest BCUT2D eigenvalue weighted by atomic mass is 35.5. The number of carbonyl (C=O) groups excluding carboxylic acids is 1. The number of carboxylic acids is 1. The van der Waals surface area contributed by atoms with Gasteiger partial charge in [-0.05, 0) is 23.8 Å². The Kier molecular flexibility index (Phi) is 6.41. The molecule has 0 aromatic heterocycles. The fourth-order valence-corrected chi connectivity index (χ4v) is 2.35. The van der Waals surface area contributed by atoms with Gasteiger partial charge in [-0.1, -0.05) is 53.5 Å². The summed E-state index contributed by atoms with van der Waals surface area (Å²) in [6.07, 6.45) is 2.91. The predicted octanol–water partition coefficient (Wildman–Crippen LogP) is 3.98. The van der Waals surface area contributed by atoms with Gasteiger partial charge in [0.05, 0.1) is 10.0 Å². The quantitative estimate of drug-likeness (QED) is 0.576. The molecule has 0 aliphatic rings. The molecule has 6 heteroatoms. The minimum absolute atomic E-state index is 0.288. The van der Waals surface area contributed by atoms with E-state index in [1.165, 1.54) is 24.4 Å². The molecule has 0 saturated carbocycles. The molecule has 0 bridgehead atoms. The van der Waals surface area contributed by atoms with Crippen LogP contribution in [-0.2, 0) is 11.2 Å². The number of benzene rings is 2. The van der Waals surface area contributed by atoms with E-state index in [0.29, 0.717) is 17.0 Å². The van der Waals surface area contributed by atoms with Gasteiger partial charge in [-0.3, -0.25) is 4.79 Å². The number of aliphatic carboxylic acids is 1. The van der Waals surface area contributed by atoms with Gasteiger partial charge in [0.1, 0.15) is 6.04 Å². The molecule has 124 valence electrons. The van der Waals surface area contributed by atoms with Crippen LogP contribution in [0.1, 0.15) is 15.9 Å². The molecular weight excluding hydrogens is 349 g/mol. The van der Waals surface area contributed by atoms with E-state index in [2.05, 4.69) is 5.32 Å². The molecule has 24 heavy (non-hydrogen) atoms. The van der Waals surface area contributed by atoms with E-state index in [0.717, 1.165) is 5.56 Å². The lowest BCUT2D eigenvalue weighted by molar-refractivity contribution is -0.139. The number of ketones is 1. The van der Waals surface area contributed by atoms with Crippen LogP contribution in [-0.4, -0.2) is 22.9 Å². The van der Waals surface area contributed by atoms with E-state index < -0.39 is 12.0 Å². The van der Waals surface area contributed by atoms with Crippen LogP contribution >= 0.6 is 23.2 Å². The van der Waals surface area contributed by atoms with Crippen molar-refractivity contribution in [2.75, 3.05) is 0 Å². The first-order valence-electron chi connectivity index (χ1n) is 7.16. The van der Waals surface area contributed by atoms with Crippen molar-refractivity contribution in [1.82, 2.24) is 5.32 Å². The maximum Gasteiger partial charge on any atom is 0.326 e. The van der Waals surface area contributed by atoms with Gasteiger partial charge in [0.25, 0.3) is 0 Å². The Bertz CT molecular complexity index is 760. The Hall–Kier alpha value is -2.30. The minimum Gasteiger partial charge on any atom is -0.480 e. The summed E-state index contributed by atoms with van der Waals surface area (Å²) in [6, 6.07) is 13.0. The lowest BCUT2D eigenvalue weighted by atomic mass is 10.1. The van der Waals surface area contributed by atoms with E-state index in [1.54, 1.807) is 6.07 Å². The smallest absolute Gasteiger partial charge is 0.326 e. The Morgan fingerprint density at radius 1 is 1.08 bits per heavy atom. The largest absolute Gasteiger partial charge is 0.480 e. The summed E-state index contributed by atoms with van der Waals surface area (Å²) in [5.41, 5.74) is 1.26. The maximum absolute atomic E-state index is 12.0. The molecule has 4 nitrogen and oxygen atoms in total. The molecule has 0 aliphatic carbocycles. The summed E-state index contributed by atoms with van der Waals surface area (Å²) < 4.78 is 0. The van der Waals surface area contributed by atoms with Crippen molar-refractivity contribution in [3.63, 3.8) is 0 Å². The first-order chi connectivity index (χ1) is 11.5. The standard InChI is InChI=1S/C18H15Cl2NO3/c19-14-7-6-13(11-15(14)20)17(22)8-9-21-16(18(23)24)10-12-4-2-1-3-5-12/h1-9,11,16,21H,10H2,(H,23,24)/b9-8-/t16-/m0/s1. The molecule has 0 heterocycles. The van der Waals surface area contributed by atoms with Crippen molar-refractivity contribution < 1.29 is 14.7 Å². The topological polar surface area (TPSA) is 66.4 Å². The third kappa shape index (κ3) is 5.11. The van der Waals surface area contributed by atoms with Crippen LogP contribution in [0.15, 0.2) is 60.8 Å². The normalized spacial score (nSPS) is 12.1. The zero-order valence-corrected chi connectivity index (χ0v) is 14.1. The van der Waals surface area contributed by atoms with E-state index in [1.807, 2.05) is 30.3 Å². The van der Waals surface area contributed by atoms with Crippen molar-refractivity contribution in [2.45, 2.75) is 12.5 Å². The number of carbonyl (C=O) groups is 2. The van der Waals surface area contributed by atoms with Gasteiger partial charge in [-0.25, -0.2) is 4.79 Å². The van der Waals surface area contributed by atoms with Crippen LogP contribution in [0.4, 0.5) is 0 Å². The van der Waals surface area contributed by atoms with Crippen LogP contribution in [0, 0.1) is 0 Å². The molecule has 0 saturated heterocycles. The molecular formula is C18H15Cl2NO3. The molecule has 0 radical (unpaired) electrons. The number of allylic oxidation sites excluding steroid dienone is 1. The Labute approximate surface area is 149 Å². The highest BCUT2D eigenvalue weighted by molar-refractivity contribution is 6.42. The van der Waals surface area contributed by atoms with Crippen LogP contribution in [0.25, 0.3) is 0 Å². The predicted molar refractivity (Wildman–Crippen MR) is 94.6 cm³/mol. The zero-order chi connectivity index (χ0) is 17.5. The summed E-state index contributed by atoms with van der Waals surface area (Å²) in [7, 11) is 0. The van der Waals surface area contributed by atoms with E-state index >= 15 is 0 Å². The highest BCUT2D eigenvalue weighted by Crippen LogP contribution is 2.22. The van der Waals surface area contributed by atoms with Gasteiger partial charge in [0.15, 0.2) is 5.78 Å². The van der Waals surface area contributed by atoms with Gasteiger partial charge in [0.2, 0.25) is 0 Å². The molecule has 2 N–H and O–H groups in total. The van der Waals surface area contributed by atoms with Crippen molar-refractivity contribution in [3.05, 3.63) is 82.0 Å². The van der Waals surface area contributed by atoms with E-state index in [-0.39, 0.29) is 10.8 Å². The SMILES string of the molecule is O=C(/C=C\N[C@@H](Cc1ccccc1)C(=O)O)c1ccc(Cl)c(Cl)c1. The second-order valence-corrected chi connectivity index (χ2v) is 5.89.